The van der Waals surface area contributed by atoms with Gasteiger partial charge in [-0.15, -0.1) is 0 Å². The van der Waals surface area contributed by atoms with E-state index < -0.39 is 11.7 Å². The maximum absolute atomic E-state index is 13.0. The topological polar surface area (TPSA) is 76.1 Å². The van der Waals surface area contributed by atoms with Crippen LogP contribution in [0.3, 0.4) is 0 Å². The van der Waals surface area contributed by atoms with Crippen molar-refractivity contribution in [2.45, 2.75) is 45.8 Å². The van der Waals surface area contributed by atoms with Gasteiger partial charge in [-0.3, -0.25) is 10.3 Å². The predicted molar refractivity (Wildman–Crippen MR) is 94.9 cm³/mol. The van der Waals surface area contributed by atoms with Crippen molar-refractivity contribution in [2.24, 2.45) is 0 Å². The van der Waals surface area contributed by atoms with E-state index in [9.17, 15) is 9.18 Å². The zero-order chi connectivity index (χ0) is 18.4. The molecule has 7 heteroatoms. The van der Waals surface area contributed by atoms with Gasteiger partial charge in [-0.2, -0.15) is 0 Å². The van der Waals surface area contributed by atoms with E-state index in [4.69, 9.17) is 4.74 Å². The van der Waals surface area contributed by atoms with Crippen LogP contribution in [0.25, 0.3) is 0 Å². The quantitative estimate of drug-likeness (QED) is 0.832. The zero-order valence-corrected chi connectivity index (χ0v) is 14.8. The van der Waals surface area contributed by atoms with Gasteiger partial charge in [0.05, 0.1) is 29.8 Å². The van der Waals surface area contributed by atoms with Crippen molar-refractivity contribution in [3.8, 4) is 0 Å². The lowest BCUT2D eigenvalue weighted by Crippen LogP contribution is -2.27. The molecule has 0 aliphatic heterocycles. The Balaban J connectivity index is 1.99. The highest BCUT2D eigenvalue weighted by Gasteiger charge is 2.16. The normalized spacial score (nSPS) is 12.4. The molecule has 134 valence electrons. The van der Waals surface area contributed by atoms with Crippen LogP contribution in [0.2, 0.25) is 0 Å². The largest absolute Gasteiger partial charge is 0.444 e. The standard InChI is InChI=1S/C18H23FN4O2/c1-5-14(15-8-6-12(19)10-20-15)22-13-7-9-16(21-11-13)23-17(24)25-18(2,3)4/h6-11,14,22H,5H2,1-4H3,(H,21,23,24). The van der Waals surface area contributed by atoms with Crippen molar-refractivity contribution in [1.82, 2.24) is 9.97 Å². The van der Waals surface area contributed by atoms with Crippen LogP contribution in [-0.2, 0) is 4.74 Å². The molecular formula is C18H23FN4O2. The molecule has 0 fully saturated rings. The lowest BCUT2D eigenvalue weighted by molar-refractivity contribution is 0.0635. The van der Waals surface area contributed by atoms with Crippen LogP contribution >= 0.6 is 0 Å². The summed E-state index contributed by atoms with van der Waals surface area (Å²) in [7, 11) is 0. The summed E-state index contributed by atoms with van der Waals surface area (Å²) in [5, 5.41) is 5.87. The summed E-state index contributed by atoms with van der Waals surface area (Å²) in [5.41, 5.74) is 0.954. The molecule has 1 atom stereocenters. The fourth-order valence-corrected chi connectivity index (χ4v) is 2.14. The number of nitrogens with one attached hydrogen (secondary N) is 2. The number of carbonyl (C=O) groups excluding carboxylic acids is 1. The Hall–Kier alpha value is -2.70. The van der Waals surface area contributed by atoms with Crippen LogP contribution < -0.4 is 10.6 Å². The van der Waals surface area contributed by atoms with Crippen molar-refractivity contribution in [3.63, 3.8) is 0 Å². The Labute approximate surface area is 146 Å². The molecule has 1 unspecified atom stereocenters. The van der Waals surface area contributed by atoms with Gasteiger partial charge >= 0.3 is 6.09 Å². The molecule has 0 radical (unpaired) electrons. The van der Waals surface area contributed by atoms with Gasteiger partial charge in [-0.05, 0) is 51.5 Å². The molecule has 0 bridgehead atoms. The van der Waals surface area contributed by atoms with Crippen LogP contribution in [0.4, 0.5) is 20.7 Å². The summed E-state index contributed by atoms with van der Waals surface area (Å²) in [5.74, 6) is 0.0330. The van der Waals surface area contributed by atoms with E-state index in [1.54, 1.807) is 45.2 Å². The molecule has 0 saturated heterocycles. The third-order valence-corrected chi connectivity index (χ3v) is 3.25. The number of pyridine rings is 2. The zero-order valence-electron chi connectivity index (χ0n) is 14.8. The van der Waals surface area contributed by atoms with Gasteiger partial charge in [0.25, 0.3) is 0 Å². The second kappa shape index (κ2) is 7.92. The number of rotatable bonds is 5. The van der Waals surface area contributed by atoms with E-state index in [0.717, 1.165) is 17.8 Å². The molecule has 2 N–H and O–H groups in total. The molecule has 1 amide bonds. The molecule has 2 aromatic rings. The first kappa shape index (κ1) is 18.6. The Morgan fingerprint density at radius 2 is 1.96 bits per heavy atom. The molecule has 0 saturated carbocycles. The second-order valence-electron chi connectivity index (χ2n) is 6.57. The summed E-state index contributed by atoms with van der Waals surface area (Å²) < 4.78 is 18.2. The number of nitrogens with zero attached hydrogens (tertiary/aromatic N) is 2. The molecule has 25 heavy (non-hydrogen) atoms. The number of halogens is 1. The first-order valence-electron chi connectivity index (χ1n) is 8.11. The van der Waals surface area contributed by atoms with Crippen molar-refractivity contribution in [1.29, 1.82) is 0 Å². The van der Waals surface area contributed by atoms with Gasteiger partial charge in [0.1, 0.15) is 17.2 Å². The van der Waals surface area contributed by atoms with Gasteiger partial charge in [-0.25, -0.2) is 14.2 Å². The summed E-state index contributed by atoms with van der Waals surface area (Å²) in [6.07, 6.45) is 3.03. The van der Waals surface area contributed by atoms with E-state index in [0.29, 0.717) is 5.82 Å². The van der Waals surface area contributed by atoms with E-state index >= 15 is 0 Å². The minimum Gasteiger partial charge on any atom is -0.444 e. The van der Waals surface area contributed by atoms with Crippen molar-refractivity contribution < 1.29 is 13.9 Å². The van der Waals surface area contributed by atoms with Crippen molar-refractivity contribution in [2.75, 3.05) is 10.6 Å². The highest BCUT2D eigenvalue weighted by molar-refractivity contribution is 5.83. The number of hydrogen-bond acceptors (Lipinski definition) is 5. The molecule has 0 aliphatic rings. The van der Waals surface area contributed by atoms with Crippen molar-refractivity contribution in [3.05, 3.63) is 48.2 Å². The van der Waals surface area contributed by atoms with Crippen LogP contribution in [0, 0.1) is 5.82 Å². The van der Waals surface area contributed by atoms with Crippen LogP contribution in [-0.4, -0.2) is 21.7 Å². The Morgan fingerprint density at radius 1 is 1.20 bits per heavy atom. The van der Waals surface area contributed by atoms with Gasteiger partial charge < -0.3 is 10.1 Å². The Kier molecular flexibility index (Phi) is 5.90. The van der Waals surface area contributed by atoms with Gasteiger partial charge in [0, 0.05) is 0 Å². The molecule has 2 aromatic heterocycles. The number of anilines is 2. The predicted octanol–water partition coefficient (Wildman–Crippen LogP) is 4.53. The minimum absolute atomic E-state index is 0.0629. The summed E-state index contributed by atoms with van der Waals surface area (Å²) in [4.78, 5) is 20.0. The van der Waals surface area contributed by atoms with E-state index in [1.807, 2.05) is 6.92 Å². The van der Waals surface area contributed by atoms with Crippen molar-refractivity contribution >= 4 is 17.6 Å². The smallest absolute Gasteiger partial charge is 0.413 e. The highest BCUT2D eigenvalue weighted by Crippen LogP contribution is 2.21. The summed E-state index contributed by atoms with van der Waals surface area (Å²) in [6.45, 7) is 7.39. The average molecular weight is 346 g/mol. The fourth-order valence-electron chi connectivity index (χ4n) is 2.14. The van der Waals surface area contributed by atoms with E-state index in [1.165, 1.54) is 12.3 Å². The maximum Gasteiger partial charge on any atom is 0.413 e. The number of hydrogen-bond donors (Lipinski definition) is 2. The molecule has 0 aliphatic carbocycles. The first-order valence-corrected chi connectivity index (χ1v) is 8.11. The first-order chi connectivity index (χ1) is 11.8. The lowest BCUT2D eigenvalue weighted by Gasteiger charge is -2.20. The number of ether oxygens (including phenoxy) is 1. The Bertz CT molecular complexity index is 697. The van der Waals surface area contributed by atoms with Gasteiger partial charge in [0.15, 0.2) is 0 Å². The third-order valence-electron chi connectivity index (χ3n) is 3.25. The average Bonchev–Trinajstić information content (AvgIpc) is 2.53. The van der Waals surface area contributed by atoms with Crippen LogP contribution in [0.5, 0.6) is 0 Å². The maximum atomic E-state index is 13.0. The third kappa shape index (κ3) is 6.02. The molecule has 0 aromatic carbocycles. The van der Waals surface area contributed by atoms with E-state index in [2.05, 4.69) is 20.6 Å². The SMILES string of the molecule is CCC(Nc1ccc(NC(=O)OC(C)(C)C)nc1)c1ccc(F)cn1. The fraction of sp³-hybridized carbons (Fsp3) is 0.389. The molecule has 6 nitrogen and oxygen atoms in total. The lowest BCUT2D eigenvalue weighted by atomic mass is 10.1. The number of amides is 1. The summed E-state index contributed by atoms with van der Waals surface area (Å²) >= 11 is 0. The molecule has 0 spiro atoms. The number of aromatic nitrogens is 2. The van der Waals surface area contributed by atoms with Crippen LogP contribution in [0.15, 0.2) is 36.7 Å². The Morgan fingerprint density at radius 3 is 2.48 bits per heavy atom. The molecule has 2 heterocycles. The van der Waals surface area contributed by atoms with Gasteiger partial charge in [-0.1, -0.05) is 6.92 Å². The number of carbonyl (C=O) groups is 1. The van der Waals surface area contributed by atoms with Gasteiger partial charge in [0.2, 0.25) is 0 Å². The minimum atomic E-state index is -0.567. The molecule has 2 rings (SSSR count). The van der Waals surface area contributed by atoms with E-state index in [-0.39, 0.29) is 11.9 Å². The second-order valence-corrected chi connectivity index (χ2v) is 6.57. The van der Waals surface area contributed by atoms with Crippen LogP contribution in [0.1, 0.15) is 45.9 Å². The monoisotopic (exact) mass is 346 g/mol. The molecular weight excluding hydrogens is 323 g/mol. The summed E-state index contributed by atoms with van der Waals surface area (Å²) in [6, 6.07) is 6.46. The highest BCUT2D eigenvalue weighted by atomic mass is 19.1.